The zero-order valence-corrected chi connectivity index (χ0v) is 9.31. The molecule has 0 aliphatic heterocycles. The van der Waals surface area contributed by atoms with E-state index in [-0.39, 0.29) is 5.75 Å². The molecule has 0 amide bonds. The van der Waals surface area contributed by atoms with Crippen molar-refractivity contribution in [2.24, 2.45) is 0 Å². The zero-order chi connectivity index (χ0) is 10.7. The van der Waals surface area contributed by atoms with Crippen molar-refractivity contribution in [1.29, 1.82) is 0 Å². The van der Waals surface area contributed by atoms with Gasteiger partial charge in [-0.1, -0.05) is 6.07 Å². The Balaban J connectivity index is 2.06. The molecule has 78 valence electrons. The number of thioether (sulfide) groups is 1. The van der Waals surface area contributed by atoms with E-state index in [0.29, 0.717) is 11.5 Å². The molecule has 0 fully saturated rings. The summed E-state index contributed by atoms with van der Waals surface area (Å²) in [5.74, 6) is 0.812. The largest absolute Gasteiger partial charge is 0.502 e. The number of thiophene rings is 1. The first-order valence-electron chi connectivity index (χ1n) is 4.23. The predicted molar refractivity (Wildman–Crippen MR) is 60.5 cm³/mol. The highest BCUT2D eigenvalue weighted by atomic mass is 32.2. The van der Waals surface area contributed by atoms with Crippen LogP contribution in [0.15, 0.2) is 43.3 Å². The van der Waals surface area contributed by atoms with Gasteiger partial charge in [0.25, 0.3) is 0 Å². The van der Waals surface area contributed by atoms with Gasteiger partial charge in [0.05, 0.1) is 9.96 Å². The van der Waals surface area contributed by atoms with Crippen LogP contribution in [0.5, 0.6) is 5.75 Å². The van der Waals surface area contributed by atoms with E-state index in [2.05, 4.69) is 0 Å². The summed E-state index contributed by atoms with van der Waals surface area (Å²) in [7, 11) is 0. The summed E-state index contributed by atoms with van der Waals surface area (Å²) >= 11 is 3.24. The Morgan fingerprint density at radius 1 is 1.53 bits per heavy atom. The van der Waals surface area contributed by atoms with Crippen LogP contribution in [0.1, 0.15) is 5.76 Å². The highest BCUT2D eigenvalue weighted by Crippen LogP contribution is 2.26. The molecule has 0 aromatic carbocycles. The molecule has 2 rings (SSSR count). The van der Waals surface area contributed by atoms with E-state index in [1.807, 2.05) is 17.5 Å². The second-order valence-corrected chi connectivity index (χ2v) is 5.04. The second-order valence-electron chi connectivity index (χ2n) is 2.82. The van der Waals surface area contributed by atoms with Gasteiger partial charge in [0.2, 0.25) is 5.43 Å². The summed E-state index contributed by atoms with van der Waals surface area (Å²) in [4.78, 5) is 11.1. The van der Waals surface area contributed by atoms with Crippen LogP contribution in [0.25, 0.3) is 0 Å². The number of rotatable bonds is 3. The molecule has 0 aliphatic rings. The topological polar surface area (TPSA) is 50.4 Å². The van der Waals surface area contributed by atoms with Gasteiger partial charge in [-0.3, -0.25) is 4.79 Å². The van der Waals surface area contributed by atoms with E-state index >= 15 is 0 Å². The summed E-state index contributed by atoms with van der Waals surface area (Å²) < 4.78 is 6.24. The number of hydrogen-bond acceptors (Lipinski definition) is 5. The molecule has 15 heavy (non-hydrogen) atoms. The summed E-state index contributed by atoms with van der Waals surface area (Å²) in [5.41, 5.74) is -0.400. The molecule has 0 saturated carbocycles. The molecule has 0 saturated heterocycles. The average molecular weight is 240 g/mol. The number of aromatic hydroxyl groups is 1. The first kappa shape index (κ1) is 10.3. The minimum Gasteiger partial charge on any atom is -0.502 e. The summed E-state index contributed by atoms with van der Waals surface area (Å²) in [6, 6.07) is 5.30. The van der Waals surface area contributed by atoms with Gasteiger partial charge >= 0.3 is 0 Å². The zero-order valence-electron chi connectivity index (χ0n) is 7.67. The van der Waals surface area contributed by atoms with Crippen LogP contribution in [0, 0.1) is 0 Å². The minimum atomic E-state index is -0.400. The van der Waals surface area contributed by atoms with Crippen molar-refractivity contribution in [3.63, 3.8) is 0 Å². The fourth-order valence-electron chi connectivity index (χ4n) is 1.01. The van der Waals surface area contributed by atoms with Crippen LogP contribution >= 0.6 is 23.1 Å². The molecule has 0 aliphatic carbocycles. The Morgan fingerprint density at radius 3 is 3.07 bits per heavy atom. The summed E-state index contributed by atoms with van der Waals surface area (Å²) in [5, 5.41) is 11.0. The van der Waals surface area contributed by atoms with E-state index in [0.717, 1.165) is 6.26 Å². The second kappa shape index (κ2) is 4.55. The molecule has 0 spiro atoms. The Bertz CT molecular complexity index is 488. The third kappa shape index (κ3) is 2.64. The molecule has 1 N–H and O–H groups in total. The van der Waals surface area contributed by atoms with Gasteiger partial charge in [0, 0.05) is 6.07 Å². The number of hydrogen-bond donors (Lipinski definition) is 1. The highest BCUT2D eigenvalue weighted by Gasteiger charge is 2.02. The lowest BCUT2D eigenvalue weighted by atomic mass is 10.4. The lowest BCUT2D eigenvalue weighted by Gasteiger charge is -1.98. The monoisotopic (exact) mass is 240 g/mol. The van der Waals surface area contributed by atoms with Crippen molar-refractivity contribution in [3.05, 3.63) is 45.8 Å². The van der Waals surface area contributed by atoms with Crippen molar-refractivity contribution in [2.75, 3.05) is 0 Å². The molecule has 5 heteroatoms. The molecule has 0 bridgehead atoms. The molecule has 2 aromatic heterocycles. The first-order valence-corrected chi connectivity index (χ1v) is 6.09. The molecule has 0 unspecified atom stereocenters. The van der Waals surface area contributed by atoms with Gasteiger partial charge in [0.1, 0.15) is 12.0 Å². The minimum absolute atomic E-state index is 0.347. The molecule has 3 nitrogen and oxygen atoms in total. The van der Waals surface area contributed by atoms with Crippen molar-refractivity contribution in [1.82, 2.24) is 0 Å². The first-order chi connectivity index (χ1) is 7.25. The highest BCUT2D eigenvalue weighted by molar-refractivity contribution is 8.00. The lowest BCUT2D eigenvalue weighted by Crippen LogP contribution is -1.98. The van der Waals surface area contributed by atoms with Crippen molar-refractivity contribution < 1.29 is 9.52 Å². The normalized spacial score (nSPS) is 10.4. The van der Waals surface area contributed by atoms with Gasteiger partial charge in [-0.2, -0.15) is 0 Å². The molecular weight excluding hydrogens is 232 g/mol. The standard InChI is InChI=1S/C10H8O3S2/c11-8-4-7(13-5-9(8)12)6-15-10-2-1-3-14-10/h1-5,12H,6H2. The molecule has 2 heterocycles. The van der Waals surface area contributed by atoms with E-state index in [9.17, 15) is 4.79 Å². The van der Waals surface area contributed by atoms with E-state index in [1.165, 1.54) is 10.3 Å². The van der Waals surface area contributed by atoms with Gasteiger partial charge in [-0.15, -0.1) is 23.1 Å². The fraction of sp³-hybridized carbons (Fsp3) is 0.100. The Labute approximate surface area is 94.4 Å². The summed E-state index contributed by atoms with van der Waals surface area (Å²) in [6.45, 7) is 0. The lowest BCUT2D eigenvalue weighted by molar-refractivity contribution is 0.419. The van der Waals surface area contributed by atoms with Crippen LogP contribution in [-0.4, -0.2) is 5.11 Å². The fourth-order valence-corrected chi connectivity index (χ4v) is 2.68. The maximum Gasteiger partial charge on any atom is 0.226 e. The Kier molecular flexibility index (Phi) is 3.13. The molecule has 0 radical (unpaired) electrons. The predicted octanol–water partition coefficient (Wildman–Crippen LogP) is 2.70. The third-order valence-corrected chi connectivity index (χ3v) is 3.87. The Hall–Kier alpha value is -1.20. The van der Waals surface area contributed by atoms with Crippen LogP contribution in [0.2, 0.25) is 0 Å². The van der Waals surface area contributed by atoms with E-state index in [4.69, 9.17) is 9.52 Å². The van der Waals surface area contributed by atoms with Crippen LogP contribution in [0.3, 0.4) is 0 Å². The van der Waals surface area contributed by atoms with Gasteiger partial charge in [0.15, 0.2) is 5.75 Å². The van der Waals surface area contributed by atoms with Crippen LogP contribution < -0.4 is 5.43 Å². The Morgan fingerprint density at radius 2 is 2.40 bits per heavy atom. The van der Waals surface area contributed by atoms with Crippen molar-refractivity contribution >= 4 is 23.1 Å². The molecule has 2 aromatic rings. The molecular formula is C10H8O3S2. The molecule has 0 atom stereocenters. The van der Waals surface area contributed by atoms with Gasteiger partial charge in [-0.05, 0) is 11.4 Å². The average Bonchev–Trinajstić information content (AvgIpc) is 2.73. The van der Waals surface area contributed by atoms with Crippen molar-refractivity contribution in [3.8, 4) is 5.75 Å². The van der Waals surface area contributed by atoms with Crippen LogP contribution in [0.4, 0.5) is 0 Å². The third-order valence-electron chi connectivity index (χ3n) is 1.72. The maximum atomic E-state index is 11.1. The van der Waals surface area contributed by atoms with Crippen LogP contribution in [-0.2, 0) is 5.75 Å². The van der Waals surface area contributed by atoms with E-state index in [1.54, 1.807) is 23.1 Å². The van der Waals surface area contributed by atoms with Gasteiger partial charge < -0.3 is 9.52 Å². The quantitative estimate of drug-likeness (QED) is 0.838. The van der Waals surface area contributed by atoms with Gasteiger partial charge in [-0.25, -0.2) is 0 Å². The SMILES string of the molecule is O=c1cc(CSc2cccs2)occ1O. The maximum absolute atomic E-state index is 11.1. The smallest absolute Gasteiger partial charge is 0.226 e. The summed E-state index contributed by atoms with van der Waals surface area (Å²) in [6.07, 6.45) is 1.08. The van der Waals surface area contributed by atoms with Crippen molar-refractivity contribution in [2.45, 2.75) is 9.96 Å². The van der Waals surface area contributed by atoms with E-state index < -0.39 is 5.43 Å².